The normalized spacial score (nSPS) is 20.9. The molecule has 1 atom stereocenters. The van der Waals surface area contributed by atoms with Crippen molar-refractivity contribution in [1.29, 1.82) is 0 Å². The molecule has 2 aliphatic rings. The van der Waals surface area contributed by atoms with Crippen LogP contribution in [0.3, 0.4) is 0 Å². The molecule has 1 saturated heterocycles. The van der Waals surface area contributed by atoms with Crippen LogP contribution in [-0.2, 0) is 0 Å². The van der Waals surface area contributed by atoms with E-state index in [2.05, 4.69) is 30.1 Å². The second-order valence-corrected chi connectivity index (χ2v) is 7.26. The van der Waals surface area contributed by atoms with Gasteiger partial charge in [-0.1, -0.05) is 76.9 Å². The summed E-state index contributed by atoms with van der Waals surface area (Å²) in [4.78, 5) is 2.68. The number of fused-ring (bicyclic) bond motifs is 1. The van der Waals surface area contributed by atoms with Crippen molar-refractivity contribution >= 4 is 0 Å². The highest BCUT2D eigenvalue weighted by atomic mass is 15.1. The fourth-order valence-electron chi connectivity index (χ4n) is 3.98. The third kappa shape index (κ3) is 6.18. The van der Waals surface area contributed by atoms with Crippen molar-refractivity contribution in [3.8, 4) is 0 Å². The van der Waals surface area contributed by atoms with Gasteiger partial charge in [0.15, 0.2) is 0 Å². The molecule has 0 spiro atoms. The van der Waals surface area contributed by atoms with Crippen molar-refractivity contribution in [3.63, 3.8) is 0 Å². The lowest BCUT2D eigenvalue weighted by atomic mass is 9.88. The van der Waals surface area contributed by atoms with Gasteiger partial charge >= 0.3 is 0 Å². The molecule has 0 N–H and O–H groups in total. The maximum atomic E-state index is 2.68. The van der Waals surface area contributed by atoms with Gasteiger partial charge in [0.2, 0.25) is 0 Å². The summed E-state index contributed by atoms with van der Waals surface area (Å²) in [5.74, 6) is 0.835. The molecule has 0 aromatic rings. The second kappa shape index (κ2) is 10.9. The summed E-state index contributed by atoms with van der Waals surface area (Å²) in [6.45, 7) is 4.89. The molecule has 1 nitrogen and oxygen atoms in total. The lowest BCUT2D eigenvalue weighted by molar-refractivity contribution is 0.235. The molecule has 0 aromatic carbocycles. The minimum Gasteiger partial charge on any atom is -0.375 e. The smallest absolute Gasteiger partial charge is 0.0175 e. The highest BCUT2D eigenvalue weighted by Crippen LogP contribution is 2.32. The van der Waals surface area contributed by atoms with Gasteiger partial charge in [-0.05, 0) is 31.8 Å². The molecule has 22 heavy (non-hydrogen) atoms. The molecule has 1 unspecified atom stereocenters. The molecule has 1 fully saturated rings. The molecule has 0 bridgehead atoms. The molecule has 0 aromatic heterocycles. The fraction of sp³-hybridized carbons (Fsp3) is 0.810. The van der Waals surface area contributed by atoms with E-state index in [1.807, 2.05) is 0 Å². The summed E-state index contributed by atoms with van der Waals surface area (Å²) in [5, 5.41) is 0. The zero-order chi connectivity index (χ0) is 15.5. The van der Waals surface area contributed by atoms with Crippen molar-refractivity contribution in [2.24, 2.45) is 5.92 Å². The Morgan fingerprint density at radius 3 is 2.36 bits per heavy atom. The number of likely N-dealkylation sites (tertiary alicyclic amines) is 1. The molecule has 0 saturated carbocycles. The van der Waals surface area contributed by atoms with Gasteiger partial charge in [0.25, 0.3) is 0 Å². The molecule has 1 aliphatic heterocycles. The summed E-state index contributed by atoms with van der Waals surface area (Å²) < 4.78 is 0. The van der Waals surface area contributed by atoms with Gasteiger partial charge in [0, 0.05) is 24.7 Å². The van der Waals surface area contributed by atoms with Crippen molar-refractivity contribution < 1.29 is 0 Å². The van der Waals surface area contributed by atoms with E-state index >= 15 is 0 Å². The number of nitrogens with zero attached hydrogens (tertiary/aromatic N) is 1. The average molecular weight is 304 g/mol. The van der Waals surface area contributed by atoms with Crippen LogP contribution >= 0.6 is 0 Å². The van der Waals surface area contributed by atoms with Gasteiger partial charge in [-0.15, -0.1) is 0 Å². The second-order valence-electron chi connectivity index (χ2n) is 7.26. The van der Waals surface area contributed by atoms with Gasteiger partial charge in [0.1, 0.15) is 0 Å². The van der Waals surface area contributed by atoms with E-state index in [1.165, 1.54) is 96.6 Å². The Balaban J connectivity index is 1.48. The van der Waals surface area contributed by atoms with Gasteiger partial charge in [-0.3, -0.25) is 0 Å². The topological polar surface area (TPSA) is 3.24 Å². The van der Waals surface area contributed by atoms with Crippen molar-refractivity contribution in [2.45, 2.75) is 90.4 Å². The zero-order valence-electron chi connectivity index (χ0n) is 14.9. The number of unbranched alkanes of at least 4 members (excludes halogenated alkanes) is 9. The lowest BCUT2D eigenvalue weighted by Gasteiger charge is -2.38. The Morgan fingerprint density at radius 1 is 0.955 bits per heavy atom. The number of rotatable bonds is 11. The molecular weight excluding hydrogens is 266 g/mol. The first-order chi connectivity index (χ1) is 10.9. The molecular formula is C21H37N. The van der Waals surface area contributed by atoms with E-state index in [9.17, 15) is 0 Å². The third-order valence-corrected chi connectivity index (χ3v) is 5.37. The van der Waals surface area contributed by atoms with Crippen LogP contribution in [0.2, 0.25) is 0 Å². The molecule has 1 heterocycles. The maximum Gasteiger partial charge on any atom is 0.0175 e. The van der Waals surface area contributed by atoms with Crippen LogP contribution in [0.15, 0.2) is 23.9 Å². The minimum absolute atomic E-state index is 0.835. The average Bonchev–Trinajstić information content (AvgIpc) is 2.56. The molecule has 126 valence electrons. The van der Waals surface area contributed by atoms with E-state index in [4.69, 9.17) is 0 Å². The Bertz CT molecular complexity index is 342. The first kappa shape index (κ1) is 17.6. The van der Waals surface area contributed by atoms with E-state index in [0.717, 1.165) is 5.92 Å². The summed E-state index contributed by atoms with van der Waals surface area (Å²) in [5.41, 5.74) is 1.64. The number of piperidine rings is 1. The highest BCUT2D eigenvalue weighted by molar-refractivity contribution is 5.21. The predicted octanol–water partition coefficient (Wildman–Crippen LogP) is 6.46. The van der Waals surface area contributed by atoms with Crippen LogP contribution in [-0.4, -0.2) is 18.0 Å². The molecule has 0 amide bonds. The number of allylic oxidation sites excluding steroid dienone is 4. The Kier molecular flexibility index (Phi) is 8.75. The first-order valence-corrected chi connectivity index (χ1v) is 10.0. The first-order valence-electron chi connectivity index (χ1n) is 10.0. The lowest BCUT2D eigenvalue weighted by Crippen LogP contribution is -2.34. The summed E-state index contributed by atoms with van der Waals surface area (Å²) in [7, 11) is 0. The zero-order valence-corrected chi connectivity index (χ0v) is 14.9. The molecule has 0 radical (unpaired) electrons. The predicted molar refractivity (Wildman–Crippen MR) is 98.0 cm³/mol. The van der Waals surface area contributed by atoms with Crippen LogP contribution in [0.5, 0.6) is 0 Å². The van der Waals surface area contributed by atoms with Gasteiger partial charge in [0.05, 0.1) is 0 Å². The van der Waals surface area contributed by atoms with Crippen LogP contribution in [0.4, 0.5) is 0 Å². The maximum absolute atomic E-state index is 2.68. The Morgan fingerprint density at radius 2 is 1.64 bits per heavy atom. The largest absolute Gasteiger partial charge is 0.375 e. The van der Waals surface area contributed by atoms with E-state index in [-0.39, 0.29) is 0 Å². The van der Waals surface area contributed by atoms with E-state index in [0.29, 0.717) is 0 Å². The molecule has 2 rings (SSSR count). The van der Waals surface area contributed by atoms with Crippen LogP contribution in [0.25, 0.3) is 0 Å². The summed E-state index contributed by atoms with van der Waals surface area (Å²) in [6.07, 6.45) is 25.4. The van der Waals surface area contributed by atoms with Gasteiger partial charge in [-0.2, -0.15) is 0 Å². The SMILES string of the molecule is CCCCCCCCCCCCN1CCCC2CC=CC=C21. The highest BCUT2D eigenvalue weighted by Gasteiger charge is 2.24. The van der Waals surface area contributed by atoms with Gasteiger partial charge < -0.3 is 4.90 Å². The van der Waals surface area contributed by atoms with Crippen molar-refractivity contribution in [3.05, 3.63) is 23.9 Å². The molecule has 1 heteroatoms. The monoisotopic (exact) mass is 303 g/mol. The van der Waals surface area contributed by atoms with E-state index < -0.39 is 0 Å². The summed E-state index contributed by atoms with van der Waals surface area (Å²) in [6, 6.07) is 0. The van der Waals surface area contributed by atoms with E-state index in [1.54, 1.807) is 5.70 Å². The standard InChI is InChI=1S/C21H37N/c1-2-3-4-5-6-7-8-9-10-13-18-22-19-14-16-20-15-11-12-17-21(20)22/h11-12,17,20H,2-10,13-16,18-19H2,1H3. The quantitative estimate of drug-likeness (QED) is 0.396. The Hall–Kier alpha value is -0.720. The van der Waals surface area contributed by atoms with Gasteiger partial charge in [-0.25, -0.2) is 0 Å². The Labute approximate surface area is 138 Å². The molecule has 1 aliphatic carbocycles. The van der Waals surface area contributed by atoms with Crippen LogP contribution < -0.4 is 0 Å². The van der Waals surface area contributed by atoms with Crippen LogP contribution in [0.1, 0.15) is 90.4 Å². The minimum atomic E-state index is 0.835. The third-order valence-electron chi connectivity index (χ3n) is 5.37. The van der Waals surface area contributed by atoms with Crippen LogP contribution in [0, 0.1) is 5.92 Å². The summed E-state index contributed by atoms with van der Waals surface area (Å²) >= 11 is 0. The number of hydrogen-bond donors (Lipinski definition) is 0. The van der Waals surface area contributed by atoms with Crippen molar-refractivity contribution in [2.75, 3.05) is 13.1 Å². The van der Waals surface area contributed by atoms with Crippen molar-refractivity contribution in [1.82, 2.24) is 4.90 Å². The fourth-order valence-corrected chi connectivity index (χ4v) is 3.98. The number of hydrogen-bond acceptors (Lipinski definition) is 1.